The van der Waals surface area contributed by atoms with Gasteiger partial charge in [0.1, 0.15) is 22.7 Å². The topological polar surface area (TPSA) is 61.6 Å². The van der Waals surface area contributed by atoms with Gasteiger partial charge in [0, 0.05) is 22.9 Å². The highest BCUT2D eigenvalue weighted by Crippen LogP contribution is 2.34. The Morgan fingerprint density at radius 2 is 1.43 bits per heavy atom. The highest BCUT2D eigenvalue weighted by atomic mass is 16.5. The first kappa shape index (κ1) is 21.5. The van der Waals surface area contributed by atoms with Crippen molar-refractivity contribution in [2.45, 2.75) is 59.7 Å². The van der Waals surface area contributed by atoms with Gasteiger partial charge in [-0.05, 0) is 96.5 Å². The third-order valence-corrected chi connectivity index (χ3v) is 3.75. The smallest absolute Gasteiger partial charge is 0.185 e. The Balaban J connectivity index is 2.39. The van der Waals surface area contributed by atoms with Crippen LogP contribution in [0.3, 0.4) is 0 Å². The van der Waals surface area contributed by atoms with Gasteiger partial charge in [0.15, 0.2) is 5.78 Å². The number of ketones is 1. The standard InChI is InChI=1S/C24H31NO3/c1-16-14-18(10-13-20(26)17-8-11-19(25)12-9-17)22(28-24(5,6)7)15-21(16)27-23(2,3)4/h8-15H,25H2,1-7H3/b13-10+. The van der Waals surface area contributed by atoms with Crippen LogP contribution in [-0.2, 0) is 0 Å². The maximum Gasteiger partial charge on any atom is 0.185 e. The molecular formula is C24H31NO3. The average molecular weight is 382 g/mol. The minimum atomic E-state index is -0.377. The van der Waals surface area contributed by atoms with E-state index in [0.29, 0.717) is 17.0 Å². The molecule has 4 nitrogen and oxygen atoms in total. The van der Waals surface area contributed by atoms with E-state index in [0.717, 1.165) is 16.9 Å². The number of aryl methyl sites for hydroxylation is 1. The number of hydrogen-bond donors (Lipinski definition) is 1. The summed E-state index contributed by atoms with van der Waals surface area (Å²) in [4.78, 5) is 12.5. The van der Waals surface area contributed by atoms with Crippen LogP contribution in [0.2, 0.25) is 0 Å². The van der Waals surface area contributed by atoms with Crippen molar-refractivity contribution >= 4 is 17.5 Å². The van der Waals surface area contributed by atoms with Crippen LogP contribution in [0.15, 0.2) is 42.5 Å². The van der Waals surface area contributed by atoms with Crippen LogP contribution in [0.4, 0.5) is 5.69 Å². The maximum atomic E-state index is 12.5. The normalized spacial score (nSPS) is 12.2. The van der Waals surface area contributed by atoms with E-state index in [9.17, 15) is 4.79 Å². The molecule has 0 aliphatic heterocycles. The van der Waals surface area contributed by atoms with Gasteiger partial charge in [-0.3, -0.25) is 4.79 Å². The molecule has 4 heteroatoms. The number of allylic oxidation sites excluding steroid dienone is 1. The fraction of sp³-hybridized carbons (Fsp3) is 0.375. The van der Waals surface area contributed by atoms with Gasteiger partial charge < -0.3 is 15.2 Å². The van der Waals surface area contributed by atoms with Crippen LogP contribution in [0.5, 0.6) is 11.5 Å². The Kier molecular flexibility index (Phi) is 6.23. The number of carbonyl (C=O) groups is 1. The van der Waals surface area contributed by atoms with Crippen LogP contribution in [0.25, 0.3) is 6.08 Å². The van der Waals surface area contributed by atoms with Crippen molar-refractivity contribution in [3.63, 3.8) is 0 Å². The van der Waals surface area contributed by atoms with Crippen molar-refractivity contribution in [1.29, 1.82) is 0 Å². The fourth-order valence-electron chi connectivity index (χ4n) is 2.59. The minimum absolute atomic E-state index is 0.0885. The molecule has 0 aliphatic carbocycles. The number of ether oxygens (including phenoxy) is 2. The fourth-order valence-corrected chi connectivity index (χ4v) is 2.59. The number of nitrogens with two attached hydrogens (primary N) is 1. The molecule has 0 saturated heterocycles. The van der Waals surface area contributed by atoms with Gasteiger partial charge in [0.05, 0.1) is 0 Å². The Labute approximate surface area is 168 Å². The summed E-state index contributed by atoms with van der Waals surface area (Å²) in [5, 5.41) is 0. The molecule has 2 N–H and O–H groups in total. The zero-order valence-corrected chi connectivity index (χ0v) is 17.9. The molecular weight excluding hydrogens is 350 g/mol. The SMILES string of the molecule is Cc1cc(/C=C/C(=O)c2ccc(N)cc2)c(OC(C)(C)C)cc1OC(C)(C)C. The Morgan fingerprint density at radius 3 is 1.96 bits per heavy atom. The number of benzene rings is 2. The van der Waals surface area contributed by atoms with E-state index < -0.39 is 0 Å². The number of hydrogen-bond acceptors (Lipinski definition) is 4. The van der Waals surface area contributed by atoms with E-state index in [2.05, 4.69) is 0 Å². The van der Waals surface area contributed by atoms with Crippen LogP contribution >= 0.6 is 0 Å². The minimum Gasteiger partial charge on any atom is -0.488 e. The van der Waals surface area contributed by atoms with Crippen LogP contribution < -0.4 is 15.2 Å². The molecule has 0 amide bonds. The number of anilines is 1. The summed E-state index contributed by atoms with van der Waals surface area (Å²) in [6.45, 7) is 14.0. The Bertz CT molecular complexity index is 866. The first-order valence-electron chi connectivity index (χ1n) is 9.45. The maximum absolute atomic E-state index is 12.5. The van der Waals surface area contributed by atoms with Crippen molar-refractivity contribution < 1.29 is 14.3 Å². The zero-order valence-electron chi connectivity index (χ0n) is 17.9. The van der Waals surface area contributed by atoms with Gasteiger partial charge >= 0.3 is 0 Å². The monoisotopic (exact) mass is 381 g/mol. The molecule has 0 saturated carbocycles. The van der Waals surface area contributed by atoms with Gasteiger partial charge in [0.2, 0.25) is 0 Å². The predicted molar refractivity (Wildman–Crippen MR) is 116 cm³/mol. The average Bonchev–Trinajstić information content (AvgIpc) is 2.54. The van der Waals surface area contributed by atoms with Crippen molar-refractivity contribution in [2.75, 3.05) is 5.73 Å². The van der Waals surface area contributed by atoms with E-state index in [1.165, 1.54) is 0 Å². The molecule has 0 bridgehead atoms. The van der Waals surface area contributed by atoms with Gasteiger partial charge in [-0.25, -0.2) is 0 Å². The largest absolute Gasteiger partial charge is 0.488 e. The van der Waals surface area contributed by atoms with Crippen LogP contribution in [0.1, 0.15) is 63.0 Å². The van der Waals surface area contributed by atoms with Crippen molar-refractivity contribution in [3.8, 4) is 11.5 Å². The highest BCUT2D eigenvalue weighted by Gasteiger charge is 2.19. The lowest BCUT2D eigenvalue weighted by molar-refractivity contribution is 0.104. The molecule has 28 heavy (non-hydrogen) atoms. The van der Waals surface area contributed by atoms with E-state index in [1.807, 2.05) is 60.6 Å². The molecule has 2 rings (SSSR count). The number of carbonyl (C=O) groups excluding carboxylic acids is 1. The molecule has 2 aromatic carbocycles. The van der Waals surface area contributed by atoms with Crippen molar-refractivity contribution in [1.82, 2.24) is 0 Å². The van der Waals surface area contributed by atoms with Gasteiger partial charge in [0.25, 0.3) is 0 Å². The van der Waals surface area contributed by atoms with Gasteiger partial charge in [-0.1, -0.05) is 0 Å². The molecule has 150 valence electrons. The third-order valence-electron chi connectivity index (χ3n) is 3.75. The molecule has 0 aromatic heterocycles. The second kappa shape index (κ2) is 8.09. The molecule has 0 aliphatic rings. The molecule has 0 spiro atoms. The number of rotatable bonds is 5. The summed E-state index contributed by atoms with van der Waals surface area (Å²) in [6, 6.07) is 10.8. The quantitative estimate of drug-likeness (QED) is 0.402. The van der Waals surface area contributed by atoms with E-state index >= 15 is 0 Å². The summed E-state index contributed by atoms with van der Waals surface area (Å²) in [6.07, 6.45) is 3.34. The predicted octanol–water partition coefficient (Wildman–Crippen LogP) is 5.83. The molecule has 0 radical (unpaired) electrons. The van der Waals surface area contributed by atoms with Gasteiger partial charge in [-0.15, -0.1) is 0 Å². The Morgan fingerprint density at radius 1 is 0.893 bits per heavy atom. The molecule has 0 atom stereocenters. The van der Waals surface area contributed by atoms with Crippen molar-refractivity contribution in [3.05, 3.63) is 59.2 Å². The summed E-state index contributed by atoms with van der Waals surface area (Å²) in [5.41, 5.74) is 8.03. The second-order valence-corrected chi connectivity index (χ2v) is 8.90. The van der Waals surface area contributed by atoms with Crippen LogP contribution in [-0.4, -0.2) is 17.0 Å². The lowest BCUT2D eigenvalue weighted by atomic mass is 10.0. The van der Waals surface area contributed by atoms with E-state index in [-0.39, 0.29) is 17.0 Å². The number of nitrogen functional groups attached to an aromatic ring is 1. The molecule has 0 unspecified atom stereocenters. The highest BCUT2D eigenvalue weighted by molar-refractivity contribution is 6.07. The summed E-state index contributed by atoms with van der Waals surface area (Å²) in [5.74, 6) is 1.36. The molecule has 2 aromatic rings. The van der Waals surface area contributed by atoms with Crippen molar-refractivity contribution in [2.24, 2.45) is 0 Å². The molecule has 0 heterocycles. The summed E-state index contributed by atoms with van der Waals surface area (Å²) < 4.78 is 12.2. The Hall–Kier alpha value is -2.75. The summed E-state index contributed by atoms with van der Waals surface area (Å²) in [7, 11) is 0. The van der Waals surface area contributed by atoms with Crippen LogP contribution in [0, 0.1) is 6.92 Å². The molecule has 0 fully saturated rings. The lowest BCUT2D eigenvalue weighted by Gasteiger charge is -2.26. The summed E-state index contributed by atoms with van der Waals surface area (Å²) >= 11 is 0. The first-order chi connectivity index (χ1) is 12.8. The zero-order chi connectivity index (χ0) is 21.1. The van der Waals surface area contributed by atoms with E-state index in [4.69, 9.17) is 15.2 Å². The second-order valence-electron chi connectivity index (χ2n) is 8.90. The van der Waals surface area contributed by atoms with E-state index in [1.54, 1.807) is 36.4 Å². The van der Waals surface area contributed by atoms with Gasteiger partial charge in [-0.2, -0.15) is 0 Å². The third kappa shape index (κ3) is 6.45. The lowest BCUT2D eigenvalue weighted by Crippen LogP contribution is -2.25. The first-order valence-corrected chi connectivity index (χ1v) is 9.45.